The first kappa shape index (κ1) is 12.7. The Labute approximate surface area is 101 Å². The summed E-state index contributed by atoms with van der Waals surface area (Å²) in [4.78, 5) is 0. The second kappa shape index (κ2) is 5.66. The highest BCUT2D eigenvalue weighted by atomic mass is 79.9. The van der Waals surface area contributed by atoms with Crippen LogP contribution >= 0.6 is 15.9 Å². The van der Waals surface area contributed by atoms with Gasteiger partial charge in [0.05, 0.1) is 0 Å². The molecule has 0 saturated carbocycles. The van der Waals surface area contributed by atoms with Gasteiger partial charge in [-0.15, -0.1) is 0 Å². The molecular formula is C13H20BrN. The zero-order chi connectivity index (χ0) is 11.4. The van der Waals surface area contributed by atoms with Crippen molar-refractivity contribution in [1.82, 2.24) is 0 Å². The number of hydrogen-bond acceptors (Lipinski definition) is 1. The third-order valence-corrected chi connectivity index (χ3v) is 3.43. The van der Waals surface area contributed by atoms with Crippen LogP contribution in [0, 0.1) is 11.8 Å². The van der Waals surface area contributed by atoms with Crippen LogP contribution in [0.25, 0.3) is 0 Å². The zero-order valence-corrected chi connectivity index (χ0v) is 11.3. The Hall–Kier alpha value is -0.340. The summed E-state index contributed by atoms with van der Waals surface area (Å²) < 4.78 is 1.13. The third-order valence-electron chi connectivity index (χ3n) is 2.90. The summed E-state index contributed by atoms with van der Waals surface area (Å²) in [5.74, 6) is 1.08. The van der Waals surface area contributed by atoms with E-state index in [1.807, 2.05) is 0 Å². The topological polar surface area (TPSA) is 26.0 Å². The summed E-state index contributed by atoms with van der Waals surface area (Å²) in [6.07, 6.45) is 1.06. The molecule has 0 amide bonds. The maximum absolute atomic E-state index is 6.13. The minimum Gasteiger partial charge on any atom is -0.327 e. The molecule has 2 atom stereocenters. The summed E-state index contributed by atoms with van der Waals surface area (Å²) in [7, 11) is 0. The summed E-state index contributed by atoms with van der Waals surface area (Å²) in [6, 6.07) is 8.78. The van der Waals surface area contributed by atoms with Gasteiger partial charge in [-0.1, -0.05) is 48.8 Å². The first-order valence-electron chi connectivity index (χ1n) is 5.50. The van der Waals surface area contributed by atoms with Gasteiger partial charge < -0.3 is 5.73 Å². The molecule has 1 nitrogen and oxygen atoms in total. The van der Waals surface area contributed by atoms with E-state index in [0.717, 1.165) is 10.9 Å². The fraction of sp³-hybridized carbons (Fsp3) is 0.538. The highest BCUT2D eigenvalue weighted by molar-refractivity contribution is 9.10. The quantitative estimate of drug-likeness (QED) is 0.888. The molecular weight excluding hydrogens is 250 g/mol. The van der Waals surface area contributed by atoms with E-state index >= 15 is 0 Å². The molecule has 2 heteroatoms. The molecule has 0 radical (unpaired) electrons. The Balaban J connectivity index is 2.58. The first-order chi connectivity index (χ1) is 7.00. The Bertz CT molecular complexity index is 292. The molecule has 0 aliphatic rings. The highest BCUT2D eigenvalue weighted by Gasteiger charge is 2.16. The fourth-order valence-electron chi connectivity index (χ4n) is 1.79. The van der Waals surface area contributed by atoms with Gasteiger partial charge in [0, 0.05) is 10.5 Å². The van der Waals surface area contributed by atoms with Crippen LogP contribution in [0.3, 0.4) is 0 Å². The second-order valence-electron chi connectivity index (χ2n) is 4.63. The predicted octanol–water partition coefficient (Wildman–Crippen LogP) is 3.61. The molecule has 0 saturated heterocycles. The molecule has 0 spiro atoms. The smallest absolute Gasteiger partial charge is 0.0175 e. The lowest BCUT2D eigenvalue weighted by Crippen LogP contribution is -2.34. The van der Waals surface area contributed by atoms with E-state index < -0.39 is 0 Å². The van der Waals surface area contributed by atoms with Crippen molar-refractivity contribution in [2.45, 2.75) is 33.2 Å². The standard InChI is InChI=1S/C13H20BrN/c1-9(2)13(15)10(3)8-11-4-6-12(14)7-5-11/h4-7,9-10,13H,8,15H2,1-3H3. The first-order valence-corrected chi connectivity index (χ1v) is 6.30. The largest absolute Gasteiger partial charge is 0.327 e. The van der Waals surface area contributed by atoms with Crippen molar-refractivity contribution in [2.24, 2.45) is 17.6 Å². The van der Waals surface area contributed by atoms with Crippen molar-refractivity contribution in [2.75, 3.05) is 0 Å². The van der Waals surface area contributed by atoms with Gasteiger partial charge >= 0.3 is 0 Å². The molecule has 84 valence electrons. The summed E-state index contributed by atoms with van der Waals surface area (Å²) in [5.41, 5.74) is 7.49. The number of nitrogens with two attached hydrogens (primary N) is 1. The molecule has 0 heterocycles. The maximum Gasteiger partial charge on any atom is 0.0175 e. The molecule has 0 aliphatic carbocycles. The van der Waals surface area contributed by atoms with Crippen LogP contribution in [0.2, 0.25) is 0 Å². The van der Waals surface area contributed by atoms with Crippen molar-refractivity contribution >= 4 is 15.9 Å². The van der Waals surface area contributed by atoms with Crippen LogP contribution in [0.5, 0.6) is 0 Å². The summed E-state index contributed by atoms with van der Waals surface area (Å²) >= 11 is 3.44. The van der Waals surface area contributed by atoms with Gasteiger partial charge in [-0.05, 0) is 36.0 Å². The Morgan fingerprint density at radius 3 is 2.13 bits per heavy atom. The molecule has 15 heavy (non-hydrogen) atoms. The van der Waals surface area contributed by atoms with Gasteiger partial charge in [0.2, 0.25) is 0 Å². The van der Waals surface area contributed by atoms with E-state index in [1.54, 1.807) is 0 Å². The zero-order valence-electron chi connectivity index (χ0n) is 9.70. The van der Waals surface area contributed by atoms with Gasteiger partial charge in [0.15, 0.2) is 0 Å². The molecule has 0 bridgehead atoms. The monoisotopic (exact) mass is 269 g/mol. The van der Waals surface area contributed by atoms with Crippen LogP contribution in [0.1, 0.15) is 26.3 Å². The Morgan fingerprint density at radius 2 is 1.67 bits per heavy atom. The number of hydrogen-bond donors (Lipinski definition) is 1. The highest BCUT2D eigenvalue weighted by Crippen LogP contribution is 2.17. The van der Waals surface area contributed by atoms with Gasteiger partial charge in [-0.2, -0.15) is 0 Å². The van der Waals surface area contributed by atoms with E-state index in [9.17, 15) is 0 Å². The molecule has 2 unspecified atom stereocenters. The third kappa shape index (κ3) is 3.96. The van der Waals surface area contributed by atoms with Crippen molar-refractivity contribution in [3.05, 3.63) is 34.3 Å². The van der Waals surface area contributed by atoms with E-state index in [2.05, 4.69) is 61.0 Å². The van der Waals surface area contributed by atoms with Gasteiger partial charge in [0.1, 0.15) is 0 Å². The van der Waals surface area contributed by atoms with E-state index in [1.165, 1.54) is 5.56 Å². The van der Waals surface area contributed by atoms with Crippen molar-refractivity contribution in [1.29, 1.82) is 0 Å². The lowest BCUT2D eigenvalue weighted by atomic mass is 9.88. The fourth-order valence-corrected chi connectivity index (χ4v) is 2.05. The van der Waals surface area contributed by atoms with Crippen LogP contribution in [0.15, 0.2) is 28.7 Å². The minimum atomic E-state index is 0.286. The normalized spacial score (nSPS) is 15.3. The van der Waals surface area contributed by atoms with Crippen LogP contribution in [-0.2, 0) is 6.42 Å². The number of rotatable bonds is 4. The molecule has 0 aromatic heterocycles. The van der Waals surface area contributed by atoms with Gasteiger partial charge in [-0.3, -0.25) is 0 Å². The molecule has 1 aromatic carbocycles. The molecule has 1 aromatic rings. The maximum atomic E-state index is 6.13. The number of benzene rings is 1. The van der Waals surface area contributed by atoms with Crippen molar-refractivity contribution in [3.63, 3.8) is 0 Å². The van der Waals surface area contributed by atoms with Crippen LogP contribution in [-0.4, -0.2) is 6.04 Å². The van der Waals surface area contributed by atoms with E-state index in [4.69, 9.17) is 5.73 Å². The average Bonchev–Trinajstić information content (AvgIpc) is 2.20. The van der Waals surface area contributed by atoms with Crippen LogP contribution in [0.4, 0.5) is 0 Å². The van der Waals surface area contributed by atoms with Gasteiger partial charge in [0.25, 0.3) is 0 Å². The lowest BCUT2D eigenvalue weighted by molar-refractivity contribution is 0.362. The lowest BCUT2D eigenvalue weighted by Gasteiger charge is -2.23. The predicted molar refractivity (Wildman–Crippen MR) is 69.8 cm³/mol. The SMILES string of the molecule is CC(C)C(N)C(C)Cc1ccc(Br)cc1. The van der Waals surface area contributed by atoms with E-state index in [-0.39, 0.29) is 6.04 Å². The molecule has 0 aliphatic heterocycles. The van der Waals surface area contributed by atoms with Crippen LogP contribution < -0.4 is 5.73 Å². The van der Waals surface area contributed by atoms with Crippen molar-refractivity contribution < 1.29 is 0 Å². The molecule has 1 rings (SSSR count). The summed E-state index contributed by atoms with van der Waals surface area (Å²) in [5, 5.41) is 0. The Kier molecular flexibility index (Phi) is 4.81. The summed E-state index contributed by atoms with van der Waals surface area (Å²) in [6.45, 7) is 6.60. The average molecular weight is 270 g/mol. The van der Waals surface area contributed by atoms with Gasteiger partial charge in [-0.25, -0.2) is 0 Å². The second-order valence-corrected chi connectivity index (χ2v) is 5.54. The number of halogens is 1. The Morgan fingerprint density at radius 1 is 1.13 bits per heavy atom. The van der Waals surface area contributed by atoms with Crippen molar-refractivity contribution in [3.8, 4) is 0 Å². The molecule has 2 N–H and O–H groups in total. The molecule has 0 fully saturated rings. The minimum absolute atomic E-state index is 0.286. The van der Waals surface area contributed by atoms with E-state index in [0.29, 0.717) is 11.8 Å².